The van der Waals surface area contributed by atoms with Crippen molar-refractivity contribution in [3.8, 4) is 0 Å². The van der Waals surface area contributed by atoms with Crippen LogP contribution in [0.3, 0.4) is 0 Å². The van der Waals surface area contributed by atoms with Crippen LogP contribution in [0.2, 0.25) is 0 Å². The fourth-order valence-electron chi connectivity index (χ4n) is 3.32. The predicted octanol–water partition coefficient (Wildman–Crippen LogP) is 1.73. The zero-order valence-electron chi connectivity index (χ0n) is 18.5. The molecule has 3 rings (SSSR count). The number of amides is 1. The van der Waals surface area contributed by atoms with E-state index < -0.39 is 28.0 Å². The molecule has 1 N–H and O–H groups in total. The number of sulfonamides is 1. The lowest BCUT2D eigenvalue weighted by molar-refractivity contribution is -0.152. The summed E-state index contributed by atoms with van der Waals surface area (Å²) in [5.74, 6) is -0.651. The Kier molecular flexibility index (Phi) is 7.32. The molecule has 1 saturated heterocycles. The van der Waals surface area contributed by atoms with E-state index in [0.29, 0.717) is 41.5 Å². The maximum Gasteiger partial charge on any atom is 0.311 e. The Labute approximate surface area is 186 Å². The number of esters is 1. The van der Waals surface area contributed by atoms with Gasteiger partial charge >= 0.3 is 5.97 Å². The van der Waals surface area contributed by atoms with Gasteiger partial charge in [0.25, 0.3) is 5.91 Å². The summed E-state index contributed by atoms with van der Waals surface area (Å²) in [6.07, 6.45) is -1.14. The van der Waals surface area contributed by atoms with Gasteiger partial charge in [0.15, 0.2) is 6.10 Å². The summed E-state index contributed by atoms with van der Waals surface area (Å²) in [5.41, 5.74) is 2.07. The van der Waals surface area contributed by atoms with Gasteiger partial charge in [0.2, 0.25) is 10.0 Å². The molecule has 1 amide bonds. The highest BCUT2D eigenvalue weighted by Gasteiger charge is 2.28. The first-order valence-electron chi connectivity index (χ1n) is 10.2. The zero-order chi connectivity index (χ0) is 23.5. The van der Waals surface area contributed by atoms with Crippen LogP contribution in [0.4, 0.5) is 5.69 Å². The van der Waals surface area contributed by atoms with E-state index >= 15 is 0 Å². The smallest absolute Gasteiger partial charge is 0.311 e. The van der Waals surface area contributed by atoms with Crippen molar-refractivity contribution >= 4 is 27.6 Å². The quantitative estimate of drug-likeness (QED) is 0.613. The SMILES string of the molecule is Cc1ccc(NC(=O)[C@@H](C)OC(=O)Cc2c(C)noc2C)cc1S(=O)(=O)N1CCOCC1. The minimum atomic E-state index is -3.73. The molecule has 0 spiro atoms. The minimum Gasteiger partial charge on any atom is -0.452 e. The van der Waals surface area contributed by atoms with Gasteiger partial charge in [-0.2, -0.15) is 4.31 Å². The van der Waals surface area contributed by atoms with Crippen LogP contribution < -0.4 is 5.32 Å². The van der Waals surface area contributed by atoms with Crippen molar-refractivity contribution in [1.82, 2.24) is 9.46 Å². The molecule has 2 aromatic rings. The number of carbonyl (C=O) groups excluding carboxylic acids is 2. The molecule has 1 atom stereocenters. The molecule has 10 nitrogen and oxygen atoms in total. The first kappa shape index (κ1) is 23.9. The molecule has 174 valence electrons. The van der Waals surface area contributed by atoms with Crippen molar-refractivity contribution in [2.75, 3.05) is 31.6 Å². The van der Waals surface area contributed by atoms with Crippen LogP contribution in [0.1, 0.15) is 29.5 Å². The summed E-state index contributed by atoms with van der Waals surface area (Å²) < 4.78 is 42.9. The molecular formula is C21H27N3O7S. The second-order valence-corrected chi connectivity index (χ2v) is 9.50. The number of ether oxygens (including phenoxy) is 2. The average molecular weight is 466 g/mol. The number of carbonyl (C=O) groups is 2. The molecule has 1 aromatic heterocycles. The van der Waals surface area contributed by atoms with Gasteiger partial charge in [0.1, 0.15) is 5.76 Å². The van der Waals surface area contributed by atoms with Crippen molar-refractivity contribution in [2.24, 2.45) is 0 Å². The van der Waals surface area contributed by atoms with E-state index in [-0.39, 0.29) is 24.4 Å². The van der Waals surface area contributed by atoms with Gasteiger partial charge in [-0.1, -0.05) is 11.2 Å². The van der Waals surface area contributed by atoms with Gasteiger partial charge in [0.05, 0.1) is 30.2 Å². The van der Waals surface area contributed by atoms with Crippen molar-refractivity contribution in [2.45, 2.75) is 45.1 Å². The molecule has 0 bridgehead atoms. The summed E-state index contributed by atoms with van der Waals surface area (Å²) in [4.78, 5) is 24.9. The predicted molar refractivity (Wildman–Crippen MR) is 115 cm³/mol. The standard InChI is InChI=1S/C21H27N3O7S/c1-13-5-6-17(11-19(13)32(27,28)24-7-9-29-10-8-24)22-21(26)16(4)30-20(25)12-18-14(2)23-31-15(18)3/h5-6,11,16H,7-10,12H2,1-4H3,(H,22,26)/t16-/m1/s1. The number of morpholine rings is 1. The van der Waals surface area contributed by atoms with Crippen molar-refractivity contribution < 1.29 is 32.0 Å². The number of benzene rings is 1. The number of nitrogens with one attached hydrogen (secondary N) is 1. The van der Waals surface area contributed by atoms with Crippen molar-refractivity contribution in [1.29, 1.82) is 0 Å². The topological polar surface area (TPSA) is 128 Å². The molecule has 32 heavy (non-hydrogen) atoms. The number of hydrogen-bond donors (Lipinski definition) is 1. The molecule has 11 heteroatoms. The summed E-state index contributed by atoms with van der Waals surface area (Å²) >= 11 is 0. The van der Waals surface area contributed by atoms with Crippen LogP contribution in [-0.4, -0.2) is 62.2 Å². The Morgan fingerprint density at radius 3 is 2.53 bits per heavy atom. The first-order chi connectivity index (χ1) is 15.1. The van der Waals surface area contributed by atoms with Gasteiger partial charge in [0, 0.05) is 24.3 Å². The number of aromatic nitrogens is 1. The highest BCUT2D eigenvalue weighted by atomic mass is 32.2. The van der Waals surface area contributed by atoms with Gasteiger partial charge < -0.3 is 19.3 Å². The second kappa shape index (κ2) is 9.80. The third kappa shape index (κ3) is 5.34. The molecule has 0 aliphatic carbocycles. The fraction of sp³-hybridized carbons (Fsp3) is 0.476. The molecular weight excluding hydrogens is 438 g/mol. The van der Waals surface area contributed by atoms with E-state index in [9.17, 15) is 18.0 Å². The molecule has 2 heterocycles. The molecule has 1 aliphatic rings. The third-order valence-corrected chi connectivity index (χ3v) is 7.26. The minimum absolute atomic E-state index is 0.0642. The Morgan fingerprint density at radius 1 is 1.22 bits per heavy atom. The molecule has 1 aromatic carbocycles. The third-order valence-electron chi connectivity index (χ3n) is 5.22. The Morgan fingerprint density at radius 2 is 1.91 bits per heavy atom. The van der Waals surface area contributed by atoms with Crippen molar-refractivity contribution in [3.63, 3.8) is 0 Å². The lowest BCUT2D eigenvalue weighted by Gasteiger charge is -2.27. The Balaban J connectivity index is 1.67. The molecule has 1 fully saturated rings. The lowest BCUT2D eigenvalue weighted by Crippen LogP contribution is -2.40. The monoisotopic (exact) mass is 465 g/mol. The van der Waals surface area contributed by atoms with E-state index in [4.69, 9.17) is 14.0 Å². The molecule has 0 saturated carbocycles. The van der Waals surface area contributed by atoms with E-state index in [1.54, 1.807) is 32.9 Å². The van der Waals surface area contributed by atoms with Crippen molar-refractivity contribution in [3.05, 3.63) is 40.8 Å². The van der Waals surface area contributed by atoms with E-state index in [2.05, 4.69) is 10.5 Å². The van der Waals surface area contributed by atoms with Gasteiger partial charge in [-0.25, -0.2) is 8.42 Å². The van der Waals surface area contributed by atoms with Gasteiger partial charge in [-0.15, -0.1) is 0 Å². The number of rotatable bonds is 7. The number of aryl methyl sites for hydroxylation is 3. The first-order valence-corrected chi connectivity index (χ1v) is 11.6. The fourth-order valence-corrected chi connectivity index (χ4v) is 4.98. The number of nitrogens with zero attached hydrogens (tertiary/aromatic N) is 2. The number of hydrogen-bond acceptors (Lipinski definition) is 8. The second-order valence-electron chi connectivity index (χ2n) is 7.60. The summed E-state index contributed by atoms with van der Waals surface area (Å²) in [7, 11) is -3.73. The van der Waals surface area contributed by atoms with Crippen LogP contribution in [0, 0.1) is 20.8 Å². The van der Waals surface area contributed by atoms with E-state index in [0.717, 1.165) is 0 Å². The van der Waals surface area contributed by atoms with E-state index in [1.807, 2.05) is 0 Å². The summed E-state index contributed by atoms with van der Waals surface area (Å²) in [6, 6.07) is 4.64. The lowest BCUT2D eigenvalue weighted by atomic mass is 10.1. The summed E-state index contributed by atoms with van der Waals surface area (Å²) in [6.45, 7) is 7.77. The van der Waals surface area contributed by atoms with Crippen LogP contribution in [0.5, 0.6) is 0 Å². The number of anilines is 1. The molecule has 0 unspecified atom stereocenters. The van der Waals surface area contributed by atoms with Crippen LogP contribution in [-0.2, 0) is 35.5 Å². The average Bonchev–Trinajstić information content (AvgIpc) is 3.07. The van der Waals surface area contributed by atoms with E-state index in [1.165, 1.54) is 17.3 Å². The van der Waals surface area contributed by atoms with Crippen LogP contribution >= 0.6 is 0 Å². The zero-order valence-corrected chi connectivity index (χ0v) is 19.3. The highest BCUT2D eigenvalue weighted by molar-refractivity contribution is 7.89. The van der Waals surface area contributed by atoms with Crippen LogP contribution in [0.15, 0.2) is 27.6 Å². The highest BCUT2D eigenvalue weighted by Crippen LogP contribution is 2.24. The van der Waals surface area contributed by atoms with Crippen LogP contribution in [0.25, 0.3) is 0 Å². The van der Waals surface area contributed by atoms with Gasteiger partial charge in [-0.3, -0.25) is 9.59 Å². The Hall–Kier alpha value is -2.76. The molecule has 1 aliphatic heterocycles. The Bertz CT molecular complexity index is 1090. The normalized spacial score (nSPS) is 15.9. The largest absolute Gasteiger partial charge is 0.452 e. The van der Waals surface area contributed by atoms with Gasteiger partial charge in [-0.05, 0) is 45.4 Å². The maximum atomic E-state index is 13.0. The summed E-state index contributed by atoms with van der Waals surface area (Å²) in [5, 5.41) is 6.40. The molecule has 0 radical (unpaired) electrons. The maximum absolute atomic E-state index is 13.0.